The molecule has 0 aliphatic carbocycles. The van der Waals surface area contributed by atoms with E-state index in [-0.39, 0.29) is 0 Å². The van der Waals surface area contributed by atoms with Gasteiger partial charge >= 0.3 is 0 Å². The minimum atomic E-state index is 0.675. The molecule has 1 aromatic rings. The second-order valence-corrected chi connectivity index (χ2v) is 3.50. The molecule has 1 aliphatic heterocycles. The molecule has 0 atom stereocenters. The molecule has 13 heavy (non-hydrogen) atoms. The van der Waals surface area contributed by atoms with Crippen LogP contribution in [-0.2, 0) is 0 Å². The van der Waals surface area contributed by atoms with Gasteiger partial charge in [0.15, 0.2) is 0 Å². The van der Waals surface area contributed by atoms with Crippen LogP contribution in [0.25, 0.3) is 0 Å². The van der Waals surface area contributed by atoms with E-state index in [4.69, 9.17) is 5.26 Å². The van der Waals surface area contributed by atoms with Crippen molar-refractivity contribution in [1.82, 2.24) is 4.98 Å². The van der Waals surface area contributed by atoms with Crippen molar-refractivity contribution in [2.75, 3.05) is 18.0 Å². The summed E-state index contributed by atoms with van der Waals surface area (Å²) in [5.74, 6) is 1.57. The number of anilines is 1. The van der Waals surface area contributed by atoms with E-state index in [1.54, 1.807) is 12.3 Å². The lowest BCUT2D eigenvalue weighted by Gasteiger charge is -2.38. The fraction of sp³-hybridized carbons (Fsp3) is 0.400. The third-order valence-electron chi connectivity index (χ3n) is 2.27. The summed E-state index contributed by atoms with van der Waals surface area (Å²) in [6.07, 6.45) is 1.74. The number of aromatic nitrogens is 1. The SMILES string of the molecule is CC1CN(c2ncccc2C#N)C1. The average molecular weight is 173 g/mol. The van der Waals surface area contributed by atoms with Gasteiger partial charge in [-0.25, -0.2) is 4.98 Å². The number of hydrogen-bond acceptors (Lipinski definition) is 3. The molecule has 0 N–H and O–H groups in total. The van der Waals surface area contributed by atoms with Crippen LogP contribution in [-0.4, -0.2) is 18.1 Å². The normalized spacial score (nSPS) is 16.5. The molecular weight excluding hydrogens is 162 g/mol. The molecule has 1 saturated heterocycles. The van der Waals surface area contributed by atoms with Gasteiger partial charge in [-0.1, -0.05) is 6.92 Å². The first-order valence-electron chi connectivity index (χ1n) is 4.41. The minimum Gasteiger partial charge on any atom is -0.355 e. The van der Waals surface area contributed by atoms with Crippen molar-refractivity contribution in [3.63, 3.8) is 0 Å². The molecule has 1 fully saturated rings. The molecule has 0 amide bonds. The zero-order chi connectivity index (χ0) is 9.26. The molecule has 66 valence electrons. The Hall–Kier alpha value is -1.56. The number of hydrogen-bond donors (Lipinski definition) is 0. The standard InChI is InChI=1S/C10H11N3/c1-8-6-13(7-8)10-9(5-11)3-2-4-12-10/h2-4,8H,6-7H2,1H3. The second kappa shape index (κ2) is 3.06. The first-order valence-corrected chi connectivity index (χ1v) is 4.41. The van der Waals surface area contributed by atoms with Crippen LogP contribution in [0.4, 0.5) is 5.82 Å². The summed E-state index contributed by atoms with van der Waals surface area (Å²) in [5, 5.41) is 8.84. The lowest BCUT2D eigenvalue weighted by molar-refractivity contribution is 0.443. The summed E-state index contributed by atoms with van der Waals surface area (Å²) < 4.78 is 0. The molecule has 0 spiro atoms. The topological polar surface area (TPSA) is 39.9 Å². The summed E-state index contributed by atoms with van der Waals surface area (Å²) in [6.45, 7) is 4.24. The first kappa shape index (κ1) is 8.06. The van der Waals surface area contributed by atoms with E-state index in [0.29, 0.717) is 5.56 Å². The lowest BCUT2D eigenvalue weighted by atomic mass is 10.0. The van der Waals surface area contributed by atoms with Crippen molar-refractivity contribution in [3.8, 4) is 6.07 Å². The van der Waals surface area contributed by atoms with Crippen LogP contribution in [0, 0.1) is 17.2 Å². The highest BCUT2D eigenvalue weighted by atomic mass is 15.2. The third kappa shape index (κ3) is 1.35. The Kier molecular flexibility index (Phi) is 1.90. The summed E-state index contributed by atoms with van der Waals surface area (Å²) in [4.78, 5) is 6.35. The van der Waals surface area contributed by atoms with Gasteiger partial charge in [-0.05, 0) is 18.1 Å². The van der Waals surface area contributed by atoms with Gasteiger partial charge in [-0.2, -0.15) is 5.26 Å². The van der Waals surface area contributed by atoms with E-state index in [1.807, 2.05) is 6.07 Å². The summed E-state index contributed by atoms with van der Waals surface area (Å²) in [7, 11) is 0. The molecule has 1 aromatic heterocycles. The largest absolute Gasteiger partial charge is 0.355 e. The third-order valence-corrected chi connectivity index (χ3v) is 2.27. The summed E-state index contributed by atoms with van der Waals surface area (Å²) in [6, 6.07) is 5.76. The predicted molar refractivity (Wildman–Crippen MR) is 50.3 cm³/mol. The second-order valence-electron chi connectivity index (χ2n) is 3.50. The molecular formula is C10H11N3. The van der Waals surface area contributed by atoms with Crippen molar-refractivity contribution >= 4 is 5.82 Å². The first-order chi connectivity index (χ1) is 6.31. The maximum atomic E-state index is 8.84. The lowest BCUT2D eigenvalue weighted by Crippen LogP contribution is -2.45. The van der Waals surface area contributed by atoms with Gasteiger partial charge < -0.3 is 4.90 Å². The predicted octanol–water partition coefficient (Wildman–Crippen LogP) is 1.41. The molecule has 2 heterocycles. The number of rotatable bonds is 1. The molecule has 2 rings (SSSR count). The van der Waals surface area contributed by atoms with Crippen molar-refractivity contribution in [2.24, 2.45) is 5.92 Å². The van der Waals surface area contributed by atoms with E-state index >= 15 is 0 Å². The minimum absolute atomic E-state index is 0.675. The highest BCUT2D eigenvalue weighted by molar-refractivity contribution is 5.54. The van der Waals surface area contributed by atoms with Crippen LogP contribution >= 0.6 is 0 Å². The Morgan fingerprint density at radius 2 is 2.38 bits per heavy atom. The monoisotopic (exact) mass is 173 g/mol. The number of nitrogens with zero attached hydrogens (tertiary/aromatic N) is 3. The Balaban J connectivity index is 2.26. The zero-order valence-electron chi connectivity index (χ0n) is 7.57. The van der Waals surface area contributed by atoms with E-state index in [1.165, 1.54) is 0 Å². The summed E-state index contributed by atoms with van der Waals surface area (Å²) >= 11 is 0. The molecule has 0 aromatic carbocycles. The molecule has 3 heteroatoms. The fourth-order valence-corrected chi connectivity index (χ4v) is 1.61. The Bertz CT molecular complexity index is 347. The number of nitriles is 1. The van der Waals surface area contributed by atoms with Crippen LogP contribution in [0.15, 0.2) is 18.3 Å². The van der Waals surface area contributed by atoms with Crippen LogP contribution < -0.4 is 4.90 Å². The summed E-state index contributed by atoms with van der Waals surface area (Å²) in [5.41, 5.74) is 0.675. The van der Waals surface area contributed by atoms with Crippen LogP contribution in [0.3, 0.4) is 0 Å². The van der Waals surface area contributed by atoms with Crippen molar-refractivity contribution in [1.29, 1.82) is 5.26 Å². The van der Waals surface area contributed by atoms with Crippen LogP contribution in [0.5, 0.6) is 0 Å². The van der Waals surface area contributed by atoms with Gasteiger partial charge in [0.05, 0.1) is 5.56 Å². The van der Waals surface area contributed by atoms with Gasteiger partial charge in [0.1, 0.15) is 11.9 Å². The molecule has 0 saturated carbocycles. The van der Waals surface area contributed by atoms with Crippen molar-refractivity contribution in [3.05, 3.63) is 23.9 Å². The quantitative estimate of drug-likeness (QED) is 0.644. The van der Waals surface area contributed by atoms with E-state index < -0.39 is 0 Å². The van der Waals surface area contributed by atoms with E-state index in [0.717, 1.165) is 24.8 Å². The molecule has 0 unspecified atom stereocenters. The fourth-order valence-electron chi connectivity index (χ4n) is 1.61. The van der Waals surface area contributed by atoms with Gasteiger partial charge in [0.25, 0.3) is 0 Å². The van der Waals surface area contributed by atoms with Crippen molar-refractivity contribution < 1.29 is 0 Å². The Morgan fingerprint density at radius 1 is 1.62 bits per heavy atom. The maximum absolute atomic E-state index is 8.84. The van der Waals surface area contributed by atoms with E-state index in [9.17, 15) is 0 Å². The van der Waals surface area contributed by atoms with E-state index in [2.05, 4.69) is 22.9 Å². The molecule has 1 aliphatic rings. The van der Waals surface area contributed by atoms with Gasteiger partial charge in [-0.3, -0.25) is 0 Å². The smallest absolute Gasteiger partial charge is 0.146 e. The Morgan fingerprint density at radius 3 is 3.00 bits per heavy atom. The molecule has 0 bridgehead atoms. The molecule has 3 nitrogen and oxygen atoms in total. The van der Waals surface area contributed by atoms with Crippen LogP contribution in [0.1, 0.15) is 12.5 Å². The average Bonchev–Trinajstić information content (AvgIpc) is 2.13. The Labute approximate surface area is 77.6 Å². The van der Waals surface area contributed by atoms with Gasteiger partial charge in [-0.15, -0.1) is 0 Å². The highest BCUT2D eigenvalue weighted by Crippen LogP contribution is 2.24. The molecule has 0 radical (unpaired) electrons. The van der Waals surface area contributed by atoms with Crippen LogP contribution in [0.2, 0.25) is 0 Å². The van der Waals surface area contributed by atoms with Gasteiger partial charge in [0.2, 0.25) is 0 Å². The maximum Gasteiger partial charge on any atom is 0.146 e. The van der Waals surface area contributed by atoms with Crippen molar-refractivity contribution in [2.45, 2.75) is 6.92 Å². The van der Waals surface area contributed by atoms with Gasteiger partial charge in [0, 0.05) is 19.3 Å². The highest BCUT2D eigenvalue weighted by Gasteiger charge is 2.25. The zero-order valence-corrected chi connectivity index (χ0v) is 7.57. The number of pyridine rings is 1.